The molecule has 2 atom stereocenters. The molecule has 3 aromatic rings. The van der Waals surface area contributed by atoms with Crippen molar-refractivity contribution in [2.24, 2.45) is 0 Å². The molecule has 0 aliphatic heterocycles. The lowest BCUT2D eigenvalue weighted by atomic mass is 9.99. The zero-order valence-electron chi connectivity index (χ0n) is 28.4. The van der Waals surface area contributed by atoms with Gasteiger partial charge in [-0.3, -0.25) is 13.9 Å². The number of nitrogens with one attached hydrogen (secondary N) is 2. The molecule has 0 aliphatic rings. The number of carbonyl (C=O) groups excluding carboxylic acids is 2. The van der Waals surface area contributed by atoms with Crippen molar-refractivity contribution in [2.75, 3.05) is 31.0 Å². The Labute approximate surface area is 289 Å². The molecular formula is C35H43F5N4O5S. The summed E-state index contributed by atoms with van der Waals surface area (Å²) in [5, 5.41) is 16.9. The number of benzene rings is 3. The van der Waals surface area contributed by atoms with Gasteiger partial charge < -0.3 is 20.6 Å². The summed E-state index contributed by atoms with van der Waals surface area (Å²) in [5.41, 5.74) is -4.78. The summed E-state index contributed by atoms with van der Waals surface area (Å²) in [5.74, 6) is -3.39. The number of amides is 2. The number of aliphatic hydroxyl groups excluding tert-OH is 1. The molecular weight excluding hydrogens is 683 g/mol. The molecule has 50 heavy (non-hydrogen) atoms. The molecule has 0 fully saturated rings. The van der Waals surface area contributed by atoms with Gasteiger partial charge in [-0.05, 0) is 72.7 Å². The Kier molecular flexibility index (Phi) is 14.3. The third-order valence-corrected chi connectivity index (χ3v) is 9.48. The zero-order chi connectivity index (χ0) is 37.2. The summed E-state index contributed by atoms with van der Waals surface area (Å²) in [6.07, 6.45) is 0.320. The van der Waals surface area contributed by atoms with E-state index in [0.29, 0.717) is 45.6 Å². The highest BCUT2D eigenvalue weighted by Crippen LogP contribution is 2.31. The lowest BCUT2D eigenvalue weighted by molar-refractivity contribution is -0.0437. The summed E-state index contributed by atoms with van der Waals surface area (Å²) >= 11 is 0. The van der Waals surface area contributed by atoms with Gasteiger partial charge >= 0.3 is 15.5 Å². The molecule has 0 radical (unpaired) electrons. The Morgan fingerprint density at radius 3 is 2.04 bits per heavy atom. The van der Waals surface area contributed by atoms with E-state index < -0.39 is 56.8 Å². The van der Waals surface area contributed by atoms with Gasteiger partial charge in [0.05, 0.1) is 17.8 Å². The van der Waals surface area contributed by atoms with Crippen LogP contribution in [0.3, 0.4) is 0 Å². The van der Waals surface area contributed by atoms with Crippen LogP contribution in [0, 0.1) is 11.6 Å². The van der Waals surface area contributed by atoms with Gasteiger partial charge in [0.15, 0.2) is 0 Å². The fourth-order valence-corrected chi connectivity index (χ4v) is 6.06. The molecule has 0 spiro atoms. The maximum absolute atomic E-state index is 14.1. The second-order valence-corrected chi connectivity index (χ2v) is 13.9. The van der Waals surface area contributed by atoms with Crippen LogP contribution in [0.4, 0.5) is 27.6 Å². The summed E-state index contributed by atoms with van der Waals surface area (Å²) in [4.78, 5) is 28.7. The van der Waals surface area contributed by atoms with E-state index in [1.165, 1.54) is 4.90 Å². The summed E-state index contributed by atoms with van der Waals surface area (Å²) in [6.45, 7) is 6.50. The van der Waals surface area contributed by atoms with Crippen molar-refractivity contribution in [3.63, 3.8) is 0 Å². The zero-order valence-corrected chi connectivity index (χ0v) is 29.2. The number of aryl methyl sites for hydroxylation is 1. The van der Waals surface area contributed by atoms with Crippen molar-refractivity contribution in [1.82, 2.24) is 15.5 Å². The summed E-state index contributed by atoms with van der Waals surface area (Å²) in [7, 11) is -5.27. The van der Waals surface area contributed by atoms with Crippen LogP contribution in [0.25, 0.3) is 0 Å². The first-order valence-corrected chi connectivity index (χ1v) is 17.7. The first kappa shape index (κ1) is 40.4. The molecule has 0 saturated heterocycles. The van der Waals surface area contributed by atoms with E-state index in [2.05, 4.69) is 10.6 Å². The van der Waals surface area contributed by atoms with Gasteiger partial charge in [0, 0.05) is 50.4 Å². The minimum absolute atomic E-state index is 0.0656. The van der Waals surface area contributed by atoms with Crippen molar-refractivity contribution in [3.05, 3.63) is 100 Å². The smallest absolute Gasteiger partial charge is 0.390 e. The molecule has 2 amide bonds. The van der Waals surface area contributed by atoms with Gasteiger partial charge in [0.1, 0.15) is 11.6 Å². The number of rotatable bonds is 17. The van der Waals surface area contributed by atoms with E-state index in [1.807, 2.05) is 45.0 Å². The average Bonchev–Trinajstić information content (AvgIpc) is 3.06. The van der Waals surface area contributed by atoms with Crippen LogP contribution >= 0.6 is 0 Å². The van der Waals surface area contributed by atoms with Crippen LogP contribution in [0.2, 0.25) is 0 Å². The van der Waals surface area contributed by atoms with E-state index in [4.69, 9.17) is 0 Å². The van der Waals surface area contributed by atoms with Crippen LogP contribution in [-0.4, -0.2) is 74.6 Å². The van der Waals surface area contributed by atoms with Gasteiger partial charge in [0.25, 0.3) is 11.8 Å². The fraction of sp³-hybridized carbons (Fsp3) is 0.429. The van der Waals surface area contributed by atoms with Crippen LogP contribution < -0.4 is 14.9 Å². The monoisotopic (exact) mass is 726 g/mol. The normalized spacial score (nSPS) is 13.1. The van der Waals surface area contributed by atoms with Crippen molar-refractivity contribution in [1.29, 1.82) is 0 Å². The third-order valence-electron chi connectivity index (χ3n) is 7.96. The maximum Gasteiger partial charge on any atom is 0.516 e. The summed E-state index contributed by atoms with van der Waals surface area (Å²) in [6, 6.07) is 12.2. The number of anilines is 1. The molecule has 9 nitrogen and oxygen atoms in total. The molecule has 0 aliphatic carbocycles. The number of nitrogens with zero attached hydrogens (tertiary/aromatic N) is 2. The second kappa shape index (κ2) is 17.7. The van der Waals surface area contributed by atoms with Gasteiger partial charge in [-0.15, -0.1) is 0 Å². The molecule has 1 unspecified atom stereocenters. The molecule has 0 heterocycles. The third kappa shape index (κ3) is 10.7. The topological polar surface area (TPSA) is 119 Å². The highest BCUT2D eigenvalue weighted by molar-refractivity contribution is 7.93. The van der Waals surface area contributed by atoms with Crippen LogP contribution in [0.15, 0.2) is 60.7 Å². The van der Waals surface area contributed by atoms with Crippen LogP contribution in [0.5, 0.6) is 0 Å². The number of sulfonamides is 1. The van der Waals surface area contributed by atoms with Gasteiger partial charge in [-0.1, -0.05) is 45.0 Å². The van der Waals surface area contributed by atoms with E-state index in [-0.39, 0.29) is 34.0 Å². The second-order valence-electron chi connectivity index (χ2n) is 11.9. The maximum atomic E-state index is 14.1. The quantitative estimate of drug-likeness (QED) is 0.157. The standard InChI is InChI=1S/C35H43F5N4O5S/c1-5-11-44(12-6-2)34(47)27-17-26(18-30(19-27)43(4)50(48,49)35(38,39)40)33(46)42-31(16-25-14-28(36)20-29(37)15-25)32(45)22-41-21-24-10-8-9-23(7-3)13-24/h8-10,13-15,17-20,31-32,41,45H,5-7,11-12,16,21-22H2,1-4H3,(H,42,46)/t31?,32-/m1/s1. The fourth-order valence-electron chi connectivity index (χ4n) is 5.36. The Morgan fingerprint density at radius 2 is 1.46 bits per heavy atom. The largest absolute Gasteiger partial charge is 0.516 e. The van der Waals surface area contributed by atoms with Gasteiger partial charge in [-0.2, -0.15) is 21.6 Å². The predicted octanol–water partition coefficient (Wildman–Crippen LogP) is 5.57. The predicted molar refractivity (Wildman–Crippen MR) is 181 cm³/mol. The lowest BCUT2D eigenvalue weighted by Gasteiger charge is -2.26. The lowest BCUT2D eigenvalue weighted by Crippen LogP contribution is -2.48. The molecule has 274 valence electrons. The first-order chi connectivity index (χ1) is 23.5. The molecule has 0 aromatic heterocycles. The molecule has 0 saturated carbocycles. The number of hydrogen-bond donors (Lipinski definition) is 3. The average molecular weight is 727 g/mol. The van der Waals surface area contributed by atoms with Crippen LogP contribution in [0.1, 0.15) is 71.0 Å². The Balaban J connectivity index is 2.01. The first-order valence-electron chi connectivity index (χ1n) is 16.2. The molecule has 3 rings (SSSR count). The number of carbonyl (C=O) groups is 2. The molecule has 0 bridgehead atoms. The van der Waals surface area contributed by atoms with Crippen molar-refractivity contribution in [3.8, 4) is 0 Å². The number of aliphatic hydroxyl groups is 1. The summed E-state index contributed by atoms with van der Waals surface area (Å²) < 4.78 is 93.3. The minimum atomic E-state index is -5.92. The van der Waals surface area contributed by atoms with E-state index in [9.17, 15) is 45.1 Å². The van der Waals surface area contributed by atoms with Crippen molar-refractivity contribution >= 4 is 27.5 Å². The SMILES string of the molecule is CCCN(CCC)C(=O)c1cc(C(=O)NC(Cc2cc(F)cc(F)c2)[C@H](O)CNCc2cccc(CC)c2)cc(N(C)S(=O)(=O)C(F)(F)F)c1. The van der Waals surface area contributed by atoms with Gasteiger partial charge in [0.2, 0.25) is 0 Å². The molecule has 15 heteroatoms. The van der Waals surface area contributed by atoms with Crippen LogP contribution in [-0.2, 0) is 29.4 Å². The highest BCUT2D eigenvalue weighted by Gasteiger charge is 2.49. The molecule has 3 aromatic carbocycles. The minimum Gasteiger partial charge on any atom is -0.390 e. The number of alkyl halides is 3. The van der Waals surface area contributed by atoms with E-state index in [0.717, 1.165) is 47.9 Å². The van der Waals surface area contributed by atoms with Crippen molar-refractivity contribution in [2.45, 2.75) is 70.7 Å². The van der Waals surface area contributed by atoms with Gasteiger partial charge in [-0.25, -0.2) is 8.78 Å². The Hall–Kier alpha value is -4.08. The number of hydrogen-bond acceptors (Lipinski definition) is 6. The highest BCUT2D eigenvalue weighted by atomic mass is 32.2. The van der Waals surface area contributed by atoms with Crippen molar-refractivity contribution < 1.29 is 45.1 Å². The van der Waals surface area contributed by atoms with E-state index >= 15 is 0 Å². The number of halogens is 5. The van der Waals surface area contributed by atoms with E-state index in [1.54, 1.807) is 0 Å². The Morgan fingerprint density at radius 1 is 0.860 bits per heavy atom. The molecule has 3 N–H and O–H groups in total. The Bertz CT molecular complexity index is 1710.